The minimum absolute atomic E-state index is 0.386. The number of methoxy groups -OCH3 is 1. The van der Waals surface area contributed by atoms with Crippen molar-refractivity contribution in [2.24, 2.45) is 0 Å². The molecule has 1 aromatic carbocycles. The lowest BCUT2D eigenvalue weighted by Gasteiger charge is -2.08. The van der Waals surface area contributed by atoms with Gasteiger partial charge < -0.3 is 10.1 Å². The van der Waals surface area contributed by atoms with Gasteiger partial charge in [0.1, 0.15) is 11.8 Å². The summed E-state index contributed by atoms with van der Waals surface area (Å²) in [5.74, 6) is 0.825. The number of benzene rings is 1. The van der Waals surface area contributed by atoms with E-state index in [1.165, 1.54) is 0 Å². The van der Waals surface area contributed by atoms with Crippen LogP contribution in [0.5, 0.6) is 5.75 Å². The Morgan fingerprint density at radius 2 is 2.11 bits per heavy atom. The number of aromatic nitrogens is 1. The molecule has 0 aliphatic rings. The molecule has 19 heavy (non-hydrogen) atoms. The van der Waals surface area contributed by atoms with Crippen molar-refractivity contribution in [3.63, 3.8) is 0 Å². The van der Waals surface area contributed by atoms with E-state index in [-0.39, 0.29) is 0 Å². The van der Waals surface area contributed by atoms with Gasteiger partial charge in [-0.3, -0.25) is 0 Å². The van der Waals surface area contributed by atoms with E-state index in [1.807, 2.05) is 30.3 Å². The molecule has 0 saturated heterocycles. The lowest BCUT2D eigenvalue weighted by molar-refractivity contribution is 0.414. The lowest BCUT2D eigenvalue weighted by Crippen LogP contribution is -2.02. The molecule has 0 aliphatic carbocycles. The fourth-order valence-electron chi connectivity index (χ4n) is 1.60. The number of rotatable bonds is 4. The van der Waals surface area contributed by atoms with Crippen LogP contribution in [0.3, 0.4) is 0 Å². The average Bonchev–Trinajstić information content (AvgIpc) is 2.46. The summed E-state index contributed by atoms with van der Waals surface area (Å²) in [5.41, 5.74) is 2.20. The molecule has 1 N–H and O–H groups in total. The van der Waals surface area contributed by atoms with Crippen molar-refractivity contribution >= 4 is 21.6 Å². The van der Waals surface area contributed by atoms with Gasteiger partial charge in [0.05, 0.1) is 12.8 Å². The highest BCUT2D eigenvalue weighted by Gasteiger charge is 2.04. The number of anilines is 1. The Labute approximate surface area is 120 Å². The zero-order chi connectivity index (χ0) is 13.7. The van der Waals surface area contributed by atoms with E-state index in [4.69, 9.17) is 10.00 Å². The van der Waals surface area contributed by atoms with Crippen molar-refractivity contribution in [2.45, 2.75) is 6.54 Å². The van der Waals surface area contributed by atoms with Crippen molar-refractivity contribution < 1.29 is 4.74 Å². The van der Waals surface area contributed by atoms with Crippen molar-refractivity contribution in [1.82, 2.24) is 4.98 Å². The third kappa shape index (κ3) is 3.46. The maximum atomic E-state index is 8.99. The maximum absolute atomic E-state index is 8.99. The second-order valence-electron chi connectivity index (χ2n) is 3.86. The molecule has 0 saturated carbocycles. The van der Waals surface area contributed by atoms with Gasteiger partial charge in [0.2, 0.25) is 0 Å². The third-order valence-electron chi connectivity index (χ3n) is 2.60. The molecule has 0 atom stereocenters. The Morgan fingerprint density at radius 3 is 2.74 bits per heavy atom. The number of nitriles is 1. The minimum atomic E-state index is 0.386. The Balaban J connectivity index is 2.09. The van der Waals surface area contributed by atoms with Crippen LogP contribution in [0.2, 0.25) is 0 Å². The summed E-state index contributed by atoms with van der Waals surface area (Å²) in [7, 11) is 1.64. The first-order valence-electron chi connectivity index (χ1n) is 5.65. The fourth-order valence-corrected chi connectivity index (χ4v) is 1.94. The van der Waals surface area contributed by atoms with E-state index in [1.54, 1.807) is 13.3 Å². The van der Waals surface area contributed by atoms with Crippen LogP contribution in [0.4, 0.5) is 5.69 Å². The highest BCUT2D eigenvalue weighted by atomic mass is 79.9. The van der Waals surface area contributed by atoms with E-state index in [0.29, 0.717) is 17.9 Å². The molecular weight excluding hydrogens is 306 g/mol. The summed E-state index contributed by atoms with van der Waals surface area (Å²) >= 11 is 3.34. The second-order valence-corrected chi connectivity index (χ2v) is 4.78. The van der Waals surface area contributed by atoms with Gasteiger partial charge in [0, 0.05) is 17.2 Å². The Hall–Kier alpha value is -2.06. The molecule has 0 aliphatic heterocycles. The third-order valence-corrected chi connectivity index (χ3v) is 3.04. The molecule has 0 fully saturated rings. The molecule has 5 heteroatoms. The highest BCUT2D eigenvalue weighted by molar-refractivity contribution is 9.10. The molecule has 2 rings (SSSR count). The number of nitrogens with one attached hydrogen (secondary N) is 1. The Morgan fingerprint density at radius 1 is 1.37 bits per heavy atom. The van der Waals surface area contributed by atoms with Crippen molar-refractivity contribution in [2.75, 3.05) is 12.4 Å². The lowest BCUT2D eigenvalue weighted by atomic mass is 10.2. The SMILES string of the molecule is COc1ccc(CNc2cc(Br)cnc2C#N)cc1. The van der Waals surface area contributed by atoms with Crippen LogP contribution in [-0.2, 0) is 6.54 Å². The van der Waals surface area contributed by atoms with Gasteiger partial charge in [-0.25, -0.2) is 4.98 Å². The van der Waals surface area contributed by atoms with E-state index in [0.717, 1.165) is 15.8 Å². The molecule has 0 amide bonds. The summed E-state index contributed by atoms with van der Waals surface area (Å²) in [6.07, 6.45) is 1.61. The molecule has 0 unspecified atom stereocenters. The van der Waals surface area contributed by atoms with Gasteiger partial charge in [-0.15, -0.1) is 0 Å². The molecule has 1 aromatic heterocycles. The smallest absolute Gasteiger partial charge is 0.163 e. The second kappa shape index (κ2) is 6.21. The molecule has 0 bridgehead atoms. The van der Waals surface area contributed by atoms with Gasteiger partial charge >= 0.3 is 0 Å². The molecule has 0 spiro atoms. The summed E-state index contributed by atoms with van der Waals surface area (Å²) in [6.45, 7) is 0.622. The van der Waals surface area contributed by atoms with Crippen molar-refractivity contribution in [3.05, 3.63) is 52.3 Å². The standard InChI is InChI=1S/C14H12BrN3O/c1-19-12-4-2-10(3-5-12)8-17-13-6-11(15)9-18-14(13)7-16/h2-6,9,17H,8H2,1H3. The molecule has 96 valence electrons. The number of halogens is 1. The van der Waals surface area contributed by atoms with Gasteiger partial charge in [0.15, 0.2) is 5.69 Å². The molecule has 4 nitrogen and oxygen atoms in total. The van der Waals surface area contributed by atoms with Gasteiger partial charge in [-0.2, -0.15) is 5.26 Å². The first-order valence-corrected chi connectivity index (χ1v) is 6.44. The highest BCUT2D eigenvalue weighted by Crippen LogP contribution is 2.19. The van der Waals surface area contributed by atoms with Crippen molar-refractivity contribution in [3.8, 4) is 11.8 Å². The Bertz CT molecular complexity index is 605. The average molecular weight is 318 g/mol. The zero-order valence-electron chi connectivity index (χ0n) is 10.4. The Kier molecular flexibility index (Phi) is 4.37. The van der Waals surface area contributed by atoms with Crippen LogP contribution in [0.25, 0.3) is 0 Å². The zero-order valence-corrected chi connectivity index (χ0v) is 11.9. The van der Waals surface area contributed by atoms with Gasteiger partial charge in [-0.1, -0.05) is 12.1 Å². The first kappa shape index (κ1) is 13.4. The van der Waals surface area contributed by atoms with Gasteiger partial charge in [-0.05, 0) is 39.7 Å². The monoisotopic (exact) mass is 317 g/mol. The quantitative estimate of drug-likeness (QED) is 0.939. The van der Waals surface area contributed by atoms with E-state index in [9.17, 15) is 0 Å². The molecule has 1 heterocycles. The number of ether oxygens (including phenoxy) is 1. The van der Waals surface area contributed by atoms with E-state index >= 15 is 0 Å². The number of pyridine rings is 1. The number of nitrogens with zero attached hydrogens (tertiary/aromatic N) is 2. The van der Waals surface area contributed by atoms with Crippen LogP contribution >= 0.6 is 15.9 Å². The molecular formula is C14H12BrN3O. The summed E-state index contributed by atoms with van der Waals surface area (Å²) in [6, 6.07) is 11.7. The van der Waals surface area contributed by atoms with Crippen LogP contribution in [-0.4, -0.2) is 12.1 Å². The van der Waals surface area contributed by atoms with Gasteiger partial charge in [0.25, 0.3) is 0 Å². The normalized spacial score (nSPS) is 9.74. The topological polar surface area (TPSA) is 57.9 Å². The summed E-state index contributed by atoms with van der Waals surface area (Å²) in [4.78, 5) is 4.05. The molecule has 0 radical (unpaired) electrons. The van der Waals surface area contributed by atoms with Crippen LogP contribution < -0.4 is 10.1 Å². The number of hydrogen-bond donors (Lipinski definition) is 1. The molecule has 2 aromatic rings. The fraction of sp³-hybridized carbons (Fsp3) is 0.143. The van der Waals surface area contributed by atoms with Crippen molar-refractivity contribution in [1.29, 1.82) is 5.26 Å². The summed E-state index contributed by atoms with van der Waals surface area (Å²) in [5, 5.41) is 12.2. The maximum Gasteiger partial charge on any atom is 0.163 e. The minimum Gasteiger partial charge on any atom is -0.497 e. The predicted molar refractivity (Wildman–Crippen MR) is 77.0 cm³/mol. The number of hydrogen-bond acceptors (Lipinski definition) is 4. The van der Waals surface area contributed by atoms with Crippen LogP contribution in [0, 0.1) is 11.3 Å². The largest absolute Gasteiger partial charge is 0.497 e. The summed E-state index contributed by atoms with van der Waals surface area (Å²) < 4.78 is 5.94. The van der Waals surface area contributed by atoms with Crippen LogP contribution in [0.1, 0.15) is 11.3 Å². The van der Waals surface area contributed by atoms with E-state index < -0.39 is 0 Å². The van der Waals surface area contributed by atoms with Crippen LogP contribution in [0.15, 0.2) is 41.0 Å². The first-order chi connectivity index (χ1) is 9.22. The predicted octanol–water partition coefficient (Wildman–Crippen LogP) is 3.34. The van der Waals surface area contributed by atoms with E-state index in [2.05, 4.69) is 32.3 Å².